The first-order valence-electron chi connectivity index (χ1n) is 5.01. The molecule has 0 radical (unpaired) electrons. The normalized spacial score (nSPS) is 10.0. The lowest BCUT2D eigenvalue weighted by molar-refractivity contribution is 0.817. The molecule has 4 nitrogen and oxygen atoms in total. The molecule has 0 amide bonds. The molecule has 0 fully saturated rings. The van der Waals surface area contributed by atoms with Crippen LogP contribution in [-0.4, -0.2) is 16.6 Å². The molecular weight excluding hydrogens is 200 g/mol. The molecule has 1 N–H and O–H groups in total. The highest BCUT2D eigenvalue weighted by Gasteiger charge is 2.04. The van der Waals surface area contributed by atoms with Gasteiger partial charge in [-0.05, 0) is 24.7 Å². The first-order valence-corrected chi connectivity index (χ1v) is 5.01. The summed E-state index contributed by atoms with van der Waals surface area (Å²) in [7, 11) is 1.88. The van der Waals surface area contributed by atoms with Gasteiger partial charge in [0.1, 0.15) is 6.07 Å². The number of hydrogen-bond acceptors (Lipinski definition) is 3. The Bertz CT molecular complexity index is 508. The molecule has 1 heterocycles. The topological polar surface area (TPSA) is 53.6 Å². The molecule has 0 aliphatic rings. The summed E-state index contributed by atoms with van der Waals surface area (Å²) in [4.78, 5) is 3.97. The molecule has 0 aliphatic heterocycles. The van der Waals surface area contributed by atoms with E-state index in [2.05, 4.69) is 16.4 Å². The van der Waals surface area contributed by atoms with Gasteiger partial charge in [0.2, 0.25) is 0 Å². The van der Waals surface area contributed by atoms with E-state index in [4.69, 9.17) is 5.26 Å². The number of rotatable bonds is 3. The number of benzene rings is 1. The van der Waals surface area contributed by atoms with E-state index in [0.717, 1.165) is 17.8 Å². The lowest BCUT2D eigenvalue weighted by Crippen LogP contribution is -2.06. The SMILES string of the molecule is CNCc1ccc(-n2ccnc2)c(C#N)c1. The Hall–Kier alpha value is -2.12. The van der Waals surface area contributed by atoms with E-state index in [-0.39, 0.29) is 0 Å². The van der Waals surface area contributed by atoms with Crippen molar-refractivity contribution in [2.45, 2.75) is 6.54 Å². The third kappa shape index (κ3) is 1.95. The number of nitrogens with one attached hydrogen (secondary N) is 1. The van der Waals surface area contributed by atoms with Crippen LogP contribution in [0.1, 0.15) is 11.1 Å². The quantitative estimate of drug-likeness (QED) is 0.838. The highest BCUT2D eigenvalue weighted by Crippen LogP contribution is 2.15. The van der Waals surface area contributed by atoms with Gasteiger partial charge in [-0.15, -0.1) is 0 Å². The number of nitriles is 1. The van der Waals surface area contributed by atoms with Crippen molar-refractivity contribution in [2.75, 3.05) is 7.05 Å². The van der Waals surface area contributed by atoms with Gasteiger partial charge in [0.05, 0.1) is 17.6 Å². The van der Waals surface area contributed by atoms with Crippen molar-refractivity contribution in [2.24, 2.45) is 0 Å². The molecule has 2 rings (SSSR count). The van der Waals surface area contributed by atoms with E-state index in [1.54, 1.807) is 12.5 Å². The van der Waals surface area contributed by atoms with Gasteiger partial charge in [-0.25, -0.2) is 4.98 Å². The highest BCUT2D eigenvalue weighted by atomic mass is 15.0. The summed E-state index contributed by atoms with van der Waals surface area (Å²) in [5.74, 6) is 0. The van der Waals surface area contributed by atoms with Crippen LogP contribution in [0.5, 0.6) is 0 Å². The zero-order valence-corrected chi connectivity index (χ0v) is 9.01. The van der Waals surface area contributed by atoms with E-state index in [1.165, 1.54) is 0 Å². The van der Waals surface area contributed by atoms with E-state index >= 15 is 0 Å². The fraction of sp³-hybridized carbons (Fsp3) is 0.167. The lowest BCUT2D eigenvalue weighted by Gasteiger charge is -2.07. The molecule has 0 bridgehead atoms. The van der Waals surface area contributed by atoms with Gasteiger partial charge in [0.25, 0.3) is 0 Å². The third-order valence-corrected chi connectivity index (χ3v) is 2.34. The molecule has 80 valence electrons. The van der Waals surface area contributed by atoms with Gasteiger partial charge >= 0.3 is 0 Å². The summed E-state index contributed by atoms with van der Waals surface area (Å²) >= 11 is 0. The number of nitrogens with zero attached hydrogens (tertiary/aromatic N) is 3. The Labute approximate surface area is 94.2 Å². The van der Waals surface area contributed by atoms with E-state index < -0.39 is 0 Å². The molecule has 0 spiro atoms. The minimum absolute atomic E-state index is 0.658. The standard InChI is InChI=1S/C12H12N4/c1-14-8-10-2-3-12(11(6-10)7-13)16-5-4-15-9-16/h2-6,9,14H,8H2,1H3. The monoisotopic (exact) mass is 212 g/mol. The predicted octanol–water partition coefficient (Wildman–Crippen LogP) is 1.46. The van der Waals surface area contributed by atoms with Crippen molar-refractivity contribution in [3.05, 3.63) is 48.0 Å². The first kappa shape index (κ1) is 10.4. The zero-order chi connectivity index (χ0) is 11.4. The van der Waals surface area contributed by atoms with Gasteiger partial charge in [0.15, 0.2) is 0 Å². The summed E-state index contributed by atoms with van der Waals surface area (Å²) < 4.78 is 1.84. The van der Waals surface area contributed by atoms with Gasteiger partial charge in [-0.3, -0.25) is 0 Å². The summed E-state index contributed by atoms with van der Waals surface area (Å²) in [6.45, 7) is 0.763. The van der Waals surface area contributed by atoms with E-state index in [9.17, 15) is 0 Å². The van der Waals surface area contributed by atoms with Crippen LogP contribution in [-0.2, 0) is 6.54 Å². The molecule has 0 saturated heterocycles. The van der Waals surface area contributed by atoms with Crippen LogP contribution in [0.2, 0.25) is 0 Å². The number of hydrogen-bond donors (Lipinski definition) is 1. The Morgan fingerprint density at radius 3 is 3.00 bits per heavy atom. The largest absolute Gasteiger partial charge is 0.316 e. The van der Waals surface area contributed by atoms with Gasteiger partial charge in [0, 0.05) is 18.9 Å². The van der Waals surface area contributed by atoms with Crippen LogP contribution in [0.25, 0.3) is 5.69 Å². The maximum atomic E-state index is 9.11. The van der Waals surface area contributed by atoms with Crippen molar-refractivity contribution in [3.63, 3.8) is 0 Å². The number of imidazole rings is 1. The molecule has 1 aromatic heterocycles. The Kier molecular flexibility index (Phi) is 2.99. The fourth-order valence-corrected chi connectivity index (χ4v) is 1.61. The van der Waals surface area contributed by atoms with Crippen LogP contribution < -0.4 is 5.32 Å². The maximum Gasteiger partial charge on any atom is 0.101 e. The van der Waals surface area contributed by atoms with Crippen molar-refractivity contribution in [1.29, 1.82) is 5.26 Å². The molecule has 1 aromatic carbocycles. The van der Waals surface area contributed by atoms with Crippen LogP contribution in [0.15, 0.2) is 36.9 Å². The molecular formula is C12H12N4. The minimum atomic E-state index is 0.658. The predicted molar refractivity (Wildman–Crippen MR) is 61.0 cm³/mol. The summed E-state index contributed by atoms with van der Waals surface area (Å²) in [5, 5.41) is 12.2. The van der Waals surface area contributed by atoms with Crippen LogP contribution >= 0.6 is 0 Å². The maximum absolute atomic E-state index is 9.11. The fourth-order valence-electron chi connectivity index (χ4n) is 1.61. The van der Waals surface area contributed by atoms with Gasteiger partial charge in [-0.1, -0.05) is 6.07 Å². The Balaban J connectivity index is 2.44. The lowest BCUT2D eigenvalue weighted by atomic mass is 10.1. The molecule has 0 atom stereocenters. The summed E-state index contributed by atoms with van der Waals surface area (Å²) in [6, 6.07) is 8.04. The number of aromatic nitrogens is 2. The zero-order valence-electron chi connectivity index (χ0n) is 9.01. The summed E-state index contributed by atoms with van der Waals surface area (Å²) in [6.07, 6.45) is 5.21. The molecule has 0 aliphatic carbocycles. The average Bonchev–Trinajstić information content (AvgIpc) is 2.83. The van der Waals surface area contributed by atoms with E-state index in [1.807, 2.05) is 36.0 Å². The second kappa shape index (κ2) is 4.60. The van der Waals surface area contributed by atoms with Crippen molar-refractivity contribution >= 4 is 0 Å². The smallest absolute Gasteiger partial charge is 0.101 e. The minimum Gasteiger partial charge on any atom is -0.316 e. The first-order chi connectivity index (χ1) is 7.85. The van der Waals surface area contributed by atoms with Crippen molar-refractivity contribution in [3.8, 4) is 11.8 Å². The molecule has 2 aromatic rings. The second-order valence-corrected chi connectivity index (χ2v) is 3.46. The van der Waals surface area contributed by atoms with Gasteiger partial charge in [-0.2, -0.15) is 5.26 Å². The van der Waals surface area contributed by atoms with Crippen molar-refractivity contribution < 1.29 is 0 Å². The Morgan fingerprint density at radius 1 is 1.50 bits per heavy atom. The van der Waals surface area contributed by atoms with Crippen molar-refractivity contribution in [1.82, 2.24) is 14.9 Å². The van der Waals surface area contributed by atoms with Crippen LogP contribution in [0.3, 0.4) is 0 Å². The molecule has 0 saturated carbocycles. The third-order valence-electron chi connectivity index (χ3n) is 2.34. The summed E-state index contributed by atoms with van der Waals surface area (Å²) in [5.41, 5.74) is 2.62. The average molecular weight is 212 g/mol. The molecule has 16 heavy (non-hydrogen) atoms. The second-order valence-electron chi connectivity index (χ2n) is 3.46. The Morgan fingerprint density at radius 2 is 2.38 bits per heavy atom. The van der Waals surface area contributed by atoms with E-state index in [0.29, 0.717) is 5.56 Å². The van der Waals surface area contributed by atoms with Crippen LogP contribution in [0.4, 0.5) is 0 Å². The highest BCUT2D eigenvalue weighted by molar-refractivity contribution is 5.50. The molecule has 0 unspecified atom stereocenters. The molecule has 4 heteroatoms. The van der Waals surface area contributed by atoms with Gasteiger partial charge < -0.3 is 9.88 Å². The van der Waals surface area contributed by atoms with Crippen LogP contribution in [0, 0.1) is 11.3 Å².